The molecule has 0 atom stereocenters. The van der Waals surface area contributed by atoms with E-state index in [4.69, 9.17) is 10.6 Å². The maximum Gasteiger partial charge on any atom is 0.210 e. The maximum absolute atomic E-state index is 6.16. The minimum Gasteiger partial charge on any atom is -0.496 e. The van der Waals surface area contributed by atoms with Crippen molar-refractivity contribution in [1.29, 1.82) is 0 Å². The smallest absolute Gasteiger partial charge is 0.210 e. The molecule has 1 aromatic heterocycles. The molecule has 2 aromatic carbocycles. The fraction of sp³-hybridized carbons (Fsp3) is 0.176. The Morgan fingerprint density at radius 3 is 2.57 bits per heavy atom. The molecule has 3 rings (SSSR count). The minimum atomic E-state index is 0.592. The highest BCUT2D eigenvalue weighted by atomic mass is 32.2. The van der Waals surface area contributed by atoms with Crippen LogP contribution < -0.4 is 10.6 Å². The number of aryl methyl sites for hydroxylation is 1. The van der Waals surface area contributed by atoms with Crippen molar-refractivity contribution in [2.24, 2.45) is 0 Å². The molecule has 0 saturated heterocycles. The zero-order valence-electron chi connectivity index (χ0n) is 13.1. The van der Waals surface area contributed by atoms with Crippen LogP contribution in [0.2, 0.25) is 0 Å². The number of rotatable bonds is 5. The van der Waals surface area contributed by atoms with Gasteiger partial charge in [0.05, 0.1) is 12.7 Å². The molecule has 0 unspecified atom stereocenters. The van der Waals surface area contributed by atoms with Crippen LogP contribution in [0.25, 0.3) is 11.4 Å². The summed E-state index contributed by atoms with van der Waals surface area (Å²) >= 11 is 1.56. The van der Waals surface area contributed by atoms with Crippen LogP contribution in [0.15, 0.2) is 53.7 Å². The topological polar surface area (TPSA) is 66.0 Å². The predicted octanol–water partition coefficient (Wildman–Crippen LogP) is 3.27. The van der Waals surface area contributed by atoms with E-state index >= 15 is 0 Å². The summed E-state index contributed by atoms with van der Waals surface area (Å²) in [4.78, 5) is 0. The van der Waals surface area contributed by atoms with Gasteiger partial charge in [-0.25, -0.2) is 4.68 Å². The normalized spacial score (nSPS) is 10.7. The lowest BCUT2D eigenvalue weighted by atomic mass is 10.2. The van der Waals surface area contributed by atoms with Crippen LogP contribution in [0.4, 0.5) is 0 Å². The molecule has 5 nitrogen and oxygen atoms in total. The second kappa shape index (κ2) is 6.75. The van der Waals surface area contributed by atoms with Crippen molar-refractivity contribution < 1.29 is 4.74 Å². The Kier molecular flexibility index (Phi) is 4.52. The lowest BCUT2D eigenvalue weighted by Crippen LogP contribution is -2.11. The van der Waals surface area contributed by atoms with Crippen molar-refractivity contribution in [3.63, 3.8) is 0 Å². The first-order valence-corrected chi connectivity index (χ1v) is 8.20. The van der Waals surface area contributed by atoms with E-state index in [0.29, 0.717) is 11.0 Å². The van der Waals surface area contributed by atoms with Gasteiger partial charge in [-0.1, -0.05) is 53.7 Å². The van der Waals surface area contributed by atoms with Gasteiger partial charge in [0, 0.05) is 5.75 Å². The average molecular weight is 326 g/mol. The third kappa shape index (κ3) is 3.32. The van der Waals surface area contributed by atoms with E-state index in [9.17, 15) is 0 Å². The van der Waals surface area contributed by atoms with Crippen LogP contribution >= 0.6 is 11.8 Å². The van der Waals surface area contributed by atoms with E-state index < -0.39 is 0 Å². The molecule has 0 bridgehead atoms. The molecular weight excluding hydrogens is 308 g/mol. The first-order chi connectivity index (χ1) is 11.2. The van der Waals surface area contributed by atoms with Crippen LogP contribution in [0.1, 0.15) is 11.1 Å². The summed E-state index contributed by atoms with van der Waals surface area (Å²) in [7, 11) is 1.63. The van der Waals surface area contributed by atoms with Crippen LogP contribution in [0.5, 0.6) is 5.75 Å². The van der Waals surface area contributed by atoms with Crippen molar-refractivity contribution in [2.75, 3.05) is 13.0 Å². The molecule has 3 aromatic rings. The van der Waals surface area contributed by atoms with E-state index in [0.717, 1.165) is 17.1 Å². The molecule has 1 heterocycles. The van der Waals surface area contributed by atoms with E-state index in [2.05, 4.69) is 41.4 Å². The Hall–Kier alpha value is -2.47. The molecule has 6 heteroatoms. The monoisotopic (exact) mass is 326 g/mol. The van der Waals surface area contributed by atoms with Gasteiger partial charge in [0.25, 0.3) is 0 Å². The fourth-order valence-corrected chi connectivity index (χ4v) is 3.03. The zero-order valence-corrected chi connectivity index (χ0v) is 13.9. The van der Waals surface area contributed by atoms with Gasteiger partial charge < -0.3 is 10.6 Å². The number of hydrogen-bond acceptors (Lipinski definition) is 5. The first kappa shape index (κ1) is 15.4. The number of nitrogens with zero attached hydrogens (tertiary/aromatic N) is 3. The third-order valence-electron chi connectivity index (χ3n) is 3.50. The molecule has 0 fully saturated rings. The van der Waals surface area contributed by atoms with Crippen molar-refractivity contribution in [3.05, 3.63) is 59.7 Å². The number of para-hydroxylation sites is 1. The summed E-state index contributed by atoms with van der Waals surface area (Å²) < 4.78 is 6.87. The Balaban J connectivity index is 1.80. The SMILES string of the molecule is COc1ccccc1-c1nnc(SCc2ccc(C)cc2)n1N. The Morgan fingerprint density at radius 2 is 1.83 bits per heavy atom. The van der Waals surface area contributed by atoms with Gasteiger partial charge in [0.2, 0.25) is 5.16 Å². The van der Waals surface area contributed by atoms with Gasteiger partial charge in [-0.3, -0.25) is 0 Å². The molecule has 23 heavy (non-hydrogen) atoms. The van der Waals surface area contributed by atoms with Crippen molar-refractivity contribution in [2.45, 2.75) is 17.8 Å². The second-order valence-corrected chi connectivity index (χ2v) is 6.09. The molecule has 118 valence electrons. The Bertz CT molecular complexity index is 799. The highest BCUT2D eigenvalue weighted by Crippen LogP contribution is 2.30. The molecule has 0 spiro atoms. The summed E-state index contributed by atoms with van der Waals surface area (Å²) in [6.45, 7) is 2.08. The molecule has 0 aliphatic rings. The standard InChI is InChI=1S/C17H18N4OS/c1-12-7-9-13(10-8-12)11-23-17-20-19-16(21(17)18)14-5-3-4-6-15(14)22-2/h3-10H,11,18H2,1-2H3. The Morgan fingerprint density at radius 1 is 1.09 bits per heavy atom. The lowest BCUT2D eigenvalue weighted by molar-refractivity contribution is 0.416. The molecule has 0 aliphatic heterocycles. The summed E-state index contributed by atoms with van der Waals surface area (Å²) in [5.74, 6) is 8.27. The summed E-state index contributed by atoms with van der Waals surface area (Å²) in [5.41, 5.74) is 3.30. The largest absolute Gasteiger partial charge is 0.496 e. The number of methoxy groups -OCH3 is 1. The van der Waals surface area contributed by atoms with Crippen LogP contribution in [-0.4, -0.2) is 22.0 Å². The highest BCUT2D eigenvalue weighted by molar-refractivity contribution is 7.98. The fourth-order valence-electron chi connectivity index (χ4n) is 2.22. The number of aromatic nitrogens is 3. The Labute approximate surface area is 139 Å². The number of benzene rings is 2. The van der Waals surface area contributed by atoms with Gasteiger partial charge in [-0.15, -0.1) is 10.2 Å². The summed E-state index contributed by atoms with van der Waals surface area (Å²) in [6, 6.07) is 16.1. The summed E-state index contributed by atoms with van der Waals surface area (Å²) in [5, 5.41) is 9.08. The van der Waals surface area contributed by atoms with Crippen LogP contribution in [-0.2, 0) is 5.75 Å². The molecular formula is C17H18N4OS. The first-order valence-electron chi connectivity index (χ1n) is 7.21. The molecule has 0 saturated carbocycles. The van der Waals surface area contributed by atoms with Gasteiger partial charge in [0.1, 0.15) is 5.75 Å². The number of nitrogen functional groups attached to an aromatic ring is 1. The predicted molar refractivity (Wildman–Crippen MR) is 92.9 cm³/mol. The van der Waals surface area contributed by atoms with Crippen molar-refractivity contribution >= 4 is 11.8 Å². The lowest BCUT2D eigenvalue weighted by Gasteiger charge is -2.08. The van der Waals surface area contributed by atoms with E-state index in [1.807, 2.05) is 24.3 Å². The van der Waals surface area contributed by atoms with E-state index in [1.165, 1.54) is 15.8 Å². The molecule has 2 N–H and O–H groups in total. The summed E-state index contributed by atoms with van der Waals surface area (Å²) in [6.07, 6.45) is 0. The number of ether oxygens (including phenoxy) is 1. The molecule has 0 radical (unpaired) electrons. The zero-order chi connectivity index (χ0) is 16.2. The van der Waals surface area contributed by atoms with E-state index in [-0.39, 0.29) is 0 Å². The second-order valence-electron chi connectivity index (χ2n) is 5.15. The van der Waals surface area contributed by atoms with Gasteiger partial charge in [-0.2, -0.15) is 0 Å². The number of hydrogen-bond donors (Lipinski definition) is 1. The number of thioether (sulfide) groups is 1. The number of nitrogens with two attached hydrogens (primary N) is 1. The molecule has 0 amide bonds. The van der Waals surface area contributed by atoms with Gasteiger partial charge in [-0.05, 0) is 24.6 Å². The maximum atomic E-state index is 6.16. The van der Waals surface area contributed by atoms with Crippen molar-refractivity contribution in [3.8, 4) is 17.1 Å². The van der Waals surface area contributed by atoms with Crippen molar-refractivity contribution in [1.82, 2.24) is 14.9 Å². The van der Waals surface area contributed by atoms with Gasteiger partial charge >= 0.3 is 0 Å². The average Bonchev–Trinajstić information content (AvgIpc) is 2.95. The quantitative estimate of drug-likeness (QED) is 0.576. The minimum absolute atomic E-state index is 0.592. The van der Waals surface area contributed by atoms with Crippen LogP contribution in [0.3, 0.4) is 0 Å². The van der Waals surface area contributed by atoms with Crippen LogP contribution in [0, 0.1) is 6.92 Å². The van der Waals surface area contributed by atoms with Gasteiger partial charge in [0.15, 0.2) is 5.82 Å². The molecule has 0 aliphatic carbocycles. The third-order valence-corrected chi connectivity index (χ3v) is 4.52. The van der Waals surface area contributed by atoms with E-state index in [1.54, 1.807) is 18.9 Å². The highest BCUT2D eigenvalue weighted by Gasteiger charge is 2.15.